The third kappa shape index (κ3) is 6.29. The Labute approximate surface area is 199 Å². The summed E-state index contributed by atoms with van der Waals surface area (Å²) in [7, 11) is -3.99. The number of sulfonamides is 1. The molecule has 2 amide bonds. The topological polar surface area (TPSA) is 108 Å². The van der Waals surface area contributed by atoms with E-state index in [-0.39, 0.29) is 10.8 Å². The van der Waals surface area contributed by atoms with Gasteiger partial charge in [-0.2, -0.15) is 5.10 Å². The fourth-order valence-corrected chi connectivity index (χ4v) is 4.59. The van der Waals surface area contributed by atoms with Gasteiger partial charge in [-0.3, -0.25) is 13.9 Å². The standard InChI is InChI=1S/C25H26N4O4S/c1-18-12-14-23(15-13-18)29(34(32,33)24-10-5-4-6-11-24)17-25(31)28-27-19(2)21-8-7-9-22(16-21)26-20(3)30/h4-16H,17H2,1-3H3,(H,26,30)(H,28,31)/b27-19-. The lowest BCUT2D eigenvalue weighted by Crippen LogP contribution is -2.39. The van der Waals surface area contributed by atoms with E-state index in [1.54, 1.807) is 73.7 Å². The van der Waals surface area contributed by atoms with Gasteiger partial charge in [0.1, 0.15) is 6.54 Å². The molecule has 0 radical (unpaired) electrons. The maximum Gasteiger partial charge on any atom is 0.264 e. The van der Waals surface area contributed by atoms with Gasteiger partial charge >= 0.3 is 0 Å². The molecule has 0 bridgehead atoms. The molecule has 0 aromatic heterocycles. The van der Waals surface area contributed by atoms with Crippen LogP contribution in [0.4, 0.5) is 11.4 Å². The Morgan fingerprint density at radius 2 is 1.59 bits per heavy atom. The summed E-state index contributed by atoms with van der Waals surface area (Å²) in [5, 5.41) is 6.80. The highest BCUT2D eigenvalue weighted by atomic mass is 32.2. The van der Waals surface area contributed by atoms with Gasteiger partial charge in [-0.25, -0.2) is 13.8 Å². The van der Waals surface area contributed by atoms with Crippen molar-refractivity contribution in [1.82, 2.24) is 5.43 Å². The van der Waals surface area contributed by atoms with Crippen LogP contribution in [0.3, 0.4) is 0 Å². The van der Waals surface area contributed by atoms with Crippen LogP contribution >= 0.6 is 0 Å². The van der Waals surface area contributed by atoms with E-state index in [4.69, 9.17) is 0 Å². The molecule has 34 heavy (non-hydrogen) atoms. The first-order chi connectivity index (χ1) is 16.2. The largest absolute Gasteiger partial charge is 0.326 e. The number of amides is 2. The Balaban J connectivity index is 1.82. The molecule has 3 rings (SSSR count). The molecule has 8 nitrogen and oxygen atoms in total. The number of nitrogens with zero attached hydrogens (tertiary/aromatic N) is 2. The molecule has 2 N–H and O–H groups in total. The van der Waals surface area contributed by atoms with Crippen molar-refractivity contribution in [2.45, 2.75) is 25.7 Å². The predicted molar refractivity (Wildman–Crippen MR) is 133 cm³/mol. The molecule has 0 aliphatic carbocycles. The summed E-state index contributed by atoms with van der Waals surface area (Å²) in [5.74, 6) is -0.798. The van der Waals surface area contributed by atoms with Crippen LogP contribution in [0.2, 0.25) is 0 Å². The average molecular weight is 479 g/mol. The lowest BCUT2D eigenvalue weighted by atomic mass is 10.1. The molecule has 3 aromatic carbocycles. The van der Waals surface area contributed by atoms with Crippen molar-refractivity contribution in [2.75, 3.05) is 16.2 Å². The first-order valence-electron chi connectivity index (χ1n) is 10.5. The Hall–Kier alpha value is -3.98. The van der Waals surface area contributed by atoms with Crippen molar-refractivity contribution in [3.8, 4) is 0 Å². The van der Waals surface area contributed by atoms with Crippen LogP contribution in [0.15, 0.2) is 88.9 Å². The molecule has 176 valence electrons. The van der Waals surface area contributed by atoms with Crippen LogP contribution in [0.1, 0.15) is 25.0 Å². The molecule has 0 heterocycles. The number of carbonyl (C=O) groups is 2. The van der Waals surface area contributed by atoms with Crippen LogP contribution in [-0.2, 0) is 19.6 Å². The zero-order valence-electron chi connectivity index (χ0n) is 19.1. The fourth-order valence-electron chi connectivity index (χ4n) is 3.15. The second kappa shape index (κ2) is 10.8. The molecule has 0 fully saturated rings. The Morgan fingerprint density at radius 1 is 0.912 bits per heavy atom. The van der Waals surface area contributed by atoms with Crippen LogP contribution < -0.4 is 15.0 Å². The van der Waals surface area contributed by atoms with Gasteiger partial charge < -0.3 is 5.32 Å². The monoisotopic (exact) mass is 478 g/mol. The number of hydrogen-bond donors (Lipinski definition) is 2. The molecule has 3 aromatic rings. The Morgan fingerprint density at radius 3 is 2.24 bits per heavy atom. The minimum atomic E-state index is -3.99. The van der Waals surface area contributed by atoms with Gasteiger partial charge in [0, 0.05) is 12.6 Å². The van der Waals surface area contributed by atoms with Gasteiger partial charge in [-0.1, -0.05) is 48.0 Å². The van der Waals surface area contributed by atoms with Crippen LogP contribution in [0.5, 0.6) is 0 Å². The van der Waals surface area contributed by atoms with E-state index in [0.29, 0.717) is 22.6 Å². The van der Waals surface area contributed by atoms with E-state index < -0.39 is 22.5 Å². The van der Waals surface area contributed by atoms with Crippen molar-refractivity contribution >= 4 is 38.9 Å². The molecule has 0 unspecified atom stereocenters. The lowest BCUT2D eigenvalue weighted by molar-refractivity contribution is -0.119. The van der Waals surface area contributed by atoms with Gasteiger partial charge in [0.05, 0.1) is 16.3 Å². The molecule has 0 saturated heterocycles. The van der Waals surface area contributed by atoms with Gasteiger partial charge in [0.15, 0.2) is 0 Å². The third-order valence-corrected chi connectivity index (χ3v) is 6.68. The van der Waals surface area contributed by atoms with E-state index in [1.165, 1.54) is 19.1 Å². The predicted octanol–water partition coefficient (Wildman–Crippen LogP) is 3.69. The van der Waals surface area contributed by atoms with Gasteiger partial charge in [-0.15, -0.1) is 0 Å². The summed E-state index contributed by atoms with van der Waals surface area (Å²) in [5.41, 5.74) is 5.55. The van der Waals surface area contributed by atoms with Crippen molar-refractivity contribution < 1.29 is 18.0 Å². The molecule has 0 atom stereocenters. The minimum Gasteiger partial charge on any atom is -0.326 e. The molecular formula is C25H26N4O4S. The van der Waals surface area contributed by atoms with E-state index >= 15 is 0 Å². The third-order valence-electron chi connectivity index (χ3n) is 4.89. The number of nitrogens with one attached hydrogen (secondary N) is 2. The number of anilines is 2. The first kappa shape index (κ1) is 24.7. The zero-order valence-corrected chi connectivity index (χ0v) is 20.0. The second-order valence-corrected chi connectivity index (χ2v) is 9.52. The summed E-state index contributed by atoms with van der Waals surface area (Å²) in [6.45, 7) is 4.55. The summed E-state index contributed by atoms with van der Waals surface area (Å²) in [6, 6.07) is 21.8. The number of aryl methyl sites for hydroxylation is 1. The summed E-state index contributed by atoms with van der Waals surface area (Å²) in [6.07, 6.45) is 0. The van der Waals surface area contributed by atoms with Gasteiger partial charge in [0.25, 0.3) is 15.9 Å². The van der Waals surface area contributed by atoms with E-state index in [0.717, 1.165) is 9.87 Å². The molecule has 0 aliphatic rings. The number of carbonyl (C=O) groups excluding carboxylic acids is 2. The molecular weight excluding hydrogens is 452 g/mol. The molecule has 0 spiro atoms. The average Bonchev–Trinajstić information content (AvgIpc) is 2.82. The smallest absolute Gasteiger partial charge is 0.264 e. The number of benzene rings is 3. The summed E-state index contributed by atoms with van der Waals surface area (Å²) in [4.78, 5) is 24.1. The molecule has 0 saturated carbocycles. The SMILES string of the molecule is CC(=O)Nc1cccc(/C(C)=N\NC(=O)CN(c2ccc(C)cc2)S(=O)(=O)c2ccccc2)c1. The minimum absolute atomic E-state index is 0.0813. The maximum atomic E-state index is 13.3. The lowest BCUT2D eigenvalue weighted by Gasteiger charge is -2.23. The first-order valence-corrected chi connectivity index (χ1v) is 12.0. The number of hydrogen-bond acceptors (Lipinski definition) is 5. The quantitative estimate of drug-likeness (QED) is 0.380. The second-order valence-electron chi connectivity index (χ2n) is 7.65. The fraction of sp³-hybridized carbons (Fsp3) is 0.160. The highest BCUT2D eigenvalue weighted by Gasteiger charge is 2.27. The number of rotatable bonds is 8. The van der Waals surface area contributed by atoms with Crippen LogP contribution in [0.25, 0.3) is 0 Å². The molecule has 9 heteroatoms. The van der Waals surface area contributed by atoms with Gasteiger partial charge in [0.2, 0.25) is 5.91 Å². The number of hydrazone groups is 1. The van der Waals surface area contributed by atoms with Crippen molar-refractivity contribution in [2.24, 2.45) is 5.10 Å². The van der Waals surface area contributed by atoms with Gasteiger partial charge in [-0.05, 0) is 55.8 Å². The molecule has 0 aliphatic heterocycles. The van der Waals surface area contributed by atoms with E-state index in [2.05, 4.69) is 15.8 Å². The summed E-state index contributed by atoms with van der Waals surface area (Å²) < 4.78 is 27.7. The Bertz CT molecular complexity index is 1300. The zero-order chi connectivity index (χ0) is 24.7. The highest BCUT2D eigenvalue weighted by molar-refractivity contribution is 7.92. The van der Waals surface area contributed by atoms with E-state index in [1.807, 2.05) is 6.92 Å². The van der Waals surface area contributed by atoms with Crippen molar-refractivity contribution in [3.63, 3.8) is 0 Å². The van der Waals surface area contributed by atoms with Crippen molar-refractivity contribution in [3.05, 3.63) is 90.0 Å². The summed E-state index contributed by atoms with van der Waals surface area (Å²) >= 11 is 0. The van der Waals surface area contributed by atoms with Crippen LogP contribution in [0, 0.1) is 6.92 Å². The van der Waals surface area contributed by atoms with Crippen LogP contribution in [-0.4, -0.2) is 32.5 Å². The maximum absolute atomic E-state index is 13.3. The van der Waals surface area contributed by atoms with Crippen molar-refractivity contribution in [1.29, 1.82) is 0 Å². The normalized spacial score (nSPS) is 11.6. The highest BCUT2D eigenvalue weighted by Crippen LogP contribution is 2.23. The Kier molecular flexibility index (Phi) is 7.80. The van der Waals surface area contributed by atoms with E-state index in [9.17, 15) is 18.0 Å².